The van der Waals surface area contributed by atoms with E-state index in [4.69, 9.17) is 4.74 Å². The minimum absolute atomic E-state index is 0.149. The van der Waals surface area contributed by atoms with Gasteiger partial charge in [-0.05, 0) is 54.3 Å². The molecule has 0 unspecified atom stereocenters. The summed E-state index contributed by atoms with van der Waals surface area (Å²) < 4.78 is 6.74. The Kier molecular flexibility index (Phi) is 9.71. The molecule has 1 N–H and O–H groups in total. The van der Waals surface area contributed by atoms with Gasteiger partial charge in [-0.25, -0.2) is 0 Å². The molecule has 0 aliphatic rings. The minimum Gasteiger partial charge on any atom is -0.484 e. The van der Waals surface area contributed by atoms with Gasteiger partial charge in [0.2, 0.25) is 5.91 Å². The molecule has 5 nitrogen and oxygen atoms in total. The first kappa shape index (κ1) is 25.5. The van der Waals surface area contributed by atoms with Crippen molar-refractivity contribution >= 4 is 27.7 Å². The molecule has 0 fully saturated rings. The Morgan fingerprint density at radius 2 is 1.71 bits per heavy atom. The molecule has 34 heavy (non-hydrogen) atoms. The van der Waals surface area contributed by atoms with Crippen molar-refractivity contribution in [2.75, 3.05) is 13.2 Å². The van der Waals surface area contributed by atoms with Crippen LogP contribution in [0.2, 0.25) is 0 Å². The summed E-state index contributed by atoms with van der Waals surface area (Å²) >= 11 is 3.50. The zero-order chi connectivity index (χ0) is 24.3. The van der Waals surface area contributed by atoms with Crippen LogP contribution in [0.15, 0.2) is 83.3 Å². The molecule has 3 aromatic rings. The topological polar surface area (TPSA) is 58.6 Å². The lowest BCUT2D eigenvalue weighted by molar-refractivity contribution is -0.142. The van der Waals surface area contributed by atoms with E-state index in [2.05, 4.69) is 21.2 Å². The fourth-order valence-electron chi connectivity index (χ4n) is 3.69. The fourth-order valence-corrected chi connectivity index (χ4v) is 4.13. The molecule has 178 valence electrons. The predicted molar refractivity (Wildman–Crippen MR) is 139 cm³/mol. The molecule has 0 aliphatic heterocycles. The first-order valence-electron chi connectivity index (χ1n) is 11.5. The third-order valence-electron chi connectivity index (χ3n) is 5.41. The van der Waals surface area contributed by atoms with E-state index >= 15 is 0 Å². The highest BCUT2D eigenvalue weighted by atomic mass is 79.9. The van der Waals surface area contributed by atoms with E-state index in [1.165, 1.54) is 0 Å². The second-order valence-corrected chi connectivity index (χ2v) is 9.17. The number of nitrogens with zero attached hydrogens (tertiary/aromatic N) is 1. The number of nitrogens with one attached hydrogen (secondary N) is 1. The monoisotopic (exact) mass is 522 g/mol. The lowest BCUT2D eigenvalue weighted by Gasteiger charge is -2.31. The van der Waals surface area contributed by atoms with Gasteiger partial charge in [0.05, 0.1) is 0 Å². The van der Waals surface area contributed by atoms with Crippen molar-refractivity contribution in [3.05, 3.63) is 100 Å². The van der Waals surface area contributed by atoms with Crippen molar-refractivity contribution in [3.8, 4) is 5.75 Å². The second-order valence-electron chi connectivity index (χ2n) is 8.25. The molecular weight excluding hydrogens is 492 g/mol. The van der Waals surface area contributed by atoms with E-state index in [9.17, 15) is 9.59 Å². The smallest absolute Gasteiger partial charge is 0.261 e. The normalized spacial score (nSPS) is 11.5. The molecule has 0 radical (unpaired) electrons. The van der Waals surface area contributed by atoms with Crippen LogP contribution in [0.1, 0.15) is 30.0 Å². The number of aryl methyl sites for hydroxylation is 1. The van der Waals surface area contributed by atoms with Gasteiger partial charge in [-0.15, -0.1) is 0 Å². The standard InChI is InChI=1S/C28H31BrN2O3/c1-3-15-30-28(33)26(18-22-10-5-4-6-11-22)31(19-23-12-8-13-24(29)17-23)27(32)20-34-25-14-7-9-21(2)16-25/h4-14,16-17,26H,3,15,18-20H2,1-2H3,(H,30,33)/t26-/m1/s1. The van der Waals surface area contributed by atoms with Crippen molar-refractivity contribution in [2.24, 2.45) is 0 Å². The number of hydrogen-bond donors (Lipinski definition) is 1. The summed E-state index contributed by atoms with van der Waals surface area (Å²) in [5.74, 6) is 0.226. The van der Waals surface area contributed by atoms with E-state index in [0.29, 0.717) is 25.3 Å². The quantitative estimate of drug-likeness (QED) is 0.371. The van der Waals surface area contributed by atoms with Gasteiger partial charge < -0.3 is 15.0 Å². The summed E-state index contributed by atoms with van der Waals surface area (Å²) in [5, 5.41) is 2.98. The largest absolute Gasteiger partial charge is 0.484 e. The van der Waals surface area contributed by atoms with Crippen LogP contribution >= 0.6 is 15.9 Å². The molecule has 6 heteroatoms. The van der Waals surface area contributed by atoms with Crippen molar-refractivity contribution in [3.63, 3.8) is 0 Å². The molecule has 0 heterocycles. The van der Waals surface area contributed by atoms with Crippen molar-refractivity contribution in [1.82, 2.24) is 10.2 Å². The average molecular weight is 523 g/mol. The zero-order valence-corrected chi connectivity index (χ0v) is 21.3. The molecular formula is C28H31BrN2O3. The van der Waals surface area contributed by atoms with Crippen molar-refractivity contribution in [1.29, 1.82) is 0 Å². The minimum atomic E-state index is -0.665. The van der Waals surface area contributed by atoms with E-state index in [-0.39, 0.29) is 18.4 Å². The third-order valence-corrected chi connectivity index (χ3v) is 5.91. The molecule has 0 aromatic heterocycles. The van der Waals surface area contributed by atoms with Crippen LogP contribution in [-0.2, 0) is 22.6 Å². The van der Waals surface area contributed by atoms with Crippen LogP contribution in [0, 0.1) is 6.92 Å². The molecule has 0 bridgehead atoms. The summed E-state index contributed by atoms with van der Waals surface area (Å²) in [6, 6.07) is 24.5. The number of halogens is 1. The number of amides is 2. The summed E-state index contributed by atoms with van der Waals surface area (Å²) in [5.41, 5.74) is 2.97. The van der Waals surface area contributed by atoms with E-state index in [1.807, 2.05) is 92.7 Å². The highest BCUT2D eigenvalue weighted by Gasteiger charge is 2.30. The number of hydrogen-bond acceptors (Lipinski definition) is 3. The summed E-state index contributed by atoms with van der Waals surface area (Å²) in [6.07, 6.45) is 1.24. The number of carbonyl (C=O) groups excluding carboxylic acids is 2. The molecule has 0 saturated carbocycles. The van der Waals surface area contributed by atoms with Crippen LogP contribution in [0.5, 0.6) is 5.75 Å². The first-order valence-corrected chi connectivity index (χ1v) is 12.3. The molecule has 0 aliphatic carbocycles. The zero-order valence-electron chi connectivity index (χ0n) is 19.7. The Hall–Kier alpha value is -3.12. The maximum atomic E-state index is 13.5. The van der Waals surface area contributed by atoms with E-state index < -0.39 is 6.04 Å². The van der Waals surface area contributed by atoms with E-state index in [1.54, 1.807) is 4.90 Å². The van der Waals surface area contributed by atoms with Crippen LogP contribution < -0.4 is 10.1 Å². The summed E-state index contributed by atoms with van der Waals surface area (Å²) in [7, 11) is 0. The lowest BCUT2D eigenvalue weighted by atomic mass is 10.0. The van der Waals surface area contributed by atoms with Gasteiger partial charge in [0.15, 0.2) is 6.61 Å². The summed E-state index contributed by atoms with van der Waals surface area (Å²) in [4.78, 5) is 28.4. The fraction of sp³-hybridized carbons (Fsp3) is 0.286. The Morgan fingerprint density at radius 3 is 2.41 bits per heavy atom. The van der Waals surface area contributed by atoms with Crippen LogP contribution in [-0.4, -0.2) is 35.9 Å². The molecule has 0 saturated heterocycles. The maximum Gasteiger partial charge on any atom is 0.261 e. The number of ether oxygens (including phenoxy) is 1. The molecule has 3 rings (SSSR count). The predicted octanol–water partition coefficient (Wildman–Crippen LogP) is 5.30. The van der Waals surface area contributed by atoms with Crippen LogP contribution in [0.3, 0.4) is 0 Å². The Morgan fingerprint density at radius 1 is 0.971 bits per heavy atom. The molecule has 2 amide bonds. The SMILES string of the molecule is CCCNC(=O)[C@@H](Cc1ccccc1)N(Cc1cccc(Br)c1)C(=O)COc1cccc(C)c1. The van der Waals surface area contributed by atoms with Crippen molar-refractivity contribution < 1.29 is 14.3 Å². The van der Waals surface area contributed by atoms with Gasteiger partial charge in [0.25, 0.3) is 5.91 Å². The van der Waals surface area contributed by atoms with Crippen molar-refractivity contribution in [2.45, 2.75) is 39.3 Å². The lowest BCUT2D eigenvalue weighted by Crippen LogP contribution is -2.51. The Balaban J connectivity index is 1.89. The maximum absolute atomic E-state index is 13.5. The molecule has 1 atom stereocenters. The number of carbonyl (C=O) groups is 2. The first-order chi connectivity index (χ1) is 16.5. The van der Waals surface area contributed by atoms with Gasteiger partial charge in [0.1, 0.15) is 11.8 Å². The average Bonchev–Trinajstić information content (AvgIpc) is 2.84. The molecule has 3 aromatic carbocycles. The van der Waals surface area contributed by atoms with Gasteiger partial charge in [-0.2, -0.15) is 0 Å². The van der Waals surface area contributed by atoms with Gasteiger partial charge >= 0.3 is 0 Å². The third kappa shape index (κ3) is 7.73. The van der Waals surface area contributed by atoms with Gasteiger partial charge in [-0.1, -0.05) is 77.5 Å². The van der Waals surface area contributed by atoms with E-state index in [0.717, 1.165) is 27.6 Å². The van der Waals surface area contributed by atoms with Gasteiger partial charge in [0, 0.05) is 24.0 Å². The second kappa shape index (κ2) is 12.9. The number of rotatable bonds is 11. The summed E-state index contributed by atoms with van der Waals surface area (Å²) in [6.45, 7) is 4.69. The van der Waals surface area contributed by atoms with Crippen LogP contribution in [0.25, 0.3) is 0 Å². The molecule has 0 spiro atoms. The highest BCUT2D eigenvalue weighted by molar-refractivity contribution is 9.10. The number of benzene rings is 3. The Labute approximate surface area is 210 Å². The van der Waals surface area contributed by atoms with Gasteiger partial charge in [-0.3, -0.25) is 9.59 Å². The Bertz CT molecular complexity index is 1090. The highest BCUT2D eigenvalue weighted by Crippen LogP contribution is 2.19. The van der Waals surface area contributed by atoms with Crippen LogP contribution in [0.4, 0.5) is 0 Å².